The first kappa shape index (κ1) is 24.8. The lowest BCUT2D eigenvalue weighted by Crippen LogP contribution is -1.92. The quantitative estimate of drug-likeness (QED) is 0.194. The summed E-state index contributed by atoms with van der Waals surface area (Å²) in [4.78, 5) is 0. The molecule has 2 nitrogen and oxygen atoms in total. The van der Waals surface area contributed by atoms with Crippen molar-refractivity contribution in [1.82, 2.24) is 9.13 Å². The molecule has 0 atom stereocenters. The summed E-state index contributed by atoms with van der Waals surface area (Å²) < 4.78 is 7.43. The molecule has 3 heteroatoms. The van der Waals surface area contributed by atoms with E-state index in [0.717, 1.165) is 0 Å². The average molecular weight is 591 g/mol. The standard InChI is InChI=1S/C42H26N2S/c1-3-11-29(12-4-1)43-37-17-9-7-15-31(37)33-23-27(19-21-39(33)43)28-20-22-41-35(24-28)36-25-40-34(26-42(36)45-41)32-16-8-10-18-38(32)44(40)30-13-5-2-6-14-30/h1-26H. The van der Waals surface area contributed by atoms with Crippen LogP contribution in [0, 0.1) is 0 Å². The van der Waals surface area contributed by atoms with Gasteiger partial charge in [-0.15, -0.1) is 11.3 Å². The molecule has 210 valence electrons. The molecule has 0 aliphatic carbocycles. The van der Waals surface area contributed by atoms with E-state index < -0.39 is 0 Å². The van der Waals surface area contributed by atoms with Gasteiger partial charge in [-0.3, -0.25) is 0 Å². The molecule has 0 saturated heterocycles. The molecule has 3 aromatic heterocycles. The van der Waals surface area contributed by atoms with Crippen LogP contribution in [0.2, 0.25) is 0 Å². The minimum absolute atomic E-state index is 1.18. The van der Waals surface area contributed by atoms with E-state index in [1.807, 2.05) is 11.3 Å². The predicted octanol–water partition coefficient (Wildman–Crippen LogP) is 11.9. The van der Waals surface area contributed by atoms with Crippen molar-refractivity contribution in [2.24, 2.45) is 0 Å². The van der Waals surface area contributed by atoms with Gasteiger partial charge in [0.25, 0.3) is 0 Å². The van der Waals surface area contributed by atoms with Crippen LogP contribution in [0.4, 0.5) is 0 Å². The molecule has 0 N–H and O–H groups in total. The third kappa shape index (κ3) is 3.62. The molecule has 0 spiro atoms. The summed E-state index contributed by atoms with van der Waals surface area (Å²) in [5, 5.41) is 7.76. The van der Waals surface area contributed by atoms with Crippen LogP contribution in [0.1, 0.15) is 0 Å². The molecule has 10 rings (SSSR count). The van der Waals surface area contributed by atoms with Crippen molar-refractivity contribution >= 4 is 75.1 Å². The third-order valence-corrected chi connectivity index (χ3v) is 10.4. The van der Waals surface area contributed by atoms with E-state index in [9.17, 15) is 0 Å². The van der Waals surface area contributed by atoms with Crippen LogP contribution in [0.5, 0.6) is 0 Å². The molecule has 0 bridgehead atoms. The average Bonchev–Trinajstić information content (AvgIpc) is 3.74. The lowest BCUT2D eigenvalue weighted by atomic mass is 10.0. The van der Waals surface area contributed by atoms with E-state index in [0.29, 0.717) is 0 Å². The number of aromatic nitrogens is 2. The molecule has 0 amide bonds. The Morgan fingerprint density at radius 2 is 0.800 bits per heavy atom. The van der Waals surface area contributed by atoms with Crippen LogP contribution in [0.15, 0.2) is 158 Å². The maximum absolute atomic E-state index is 2.41. The van der Waals surface area contributed by atoms with Crippen molar-refractivity contribution in [1.29, 1.82) is 0 Å². The highest BCUT2D eigenvalue weighted by atomic mass is 32.1. The lowest BCUT2D eigenvalue weighted by molar-refractivity contribution is 1.18. The molecule has 3 heterocycles. The zero-order valence-electron chi connectivity index (χ0n) is 24.3. The SMILES string of the molecule is c1ccc(-n2c3ccccc3c3cc(-c4ccc5sc6cc7c8ccccc8n(-c8ccccc8)c7cc6c5c4)ccc32)cc1. The van der Waals surface area contributed by atoms with Gasteiger partial charge in [0.1, 0.15) is 0 Å². The minimum Gasteiger partial charge on any atom is -0.309 e. The number of thiophene rings is 1. The summed E-state index contributed by atoms with van der Waals surface area (Å²) in [6.07, 6.45) is 0. The van der Waals surface area contributed by atoms with Gasteiger partial charge in [-0.1, -0.05) is 84.9 Å². The third-order valence-electron chi connectivity index (χ3n) is 9.30. The van der Waals surface area contributed by atoms with Gasteiger partial charge in [0.2, 0.25) is 0 Å². The molecule has 0 aliphatic heterocycles. The Labute approximate surface area is 263 Å². The van der Waals surface area contributed by atoms with Gasteiger partial charge in [0, 0.05) is 53.1 Å². The van der Waals surface area contributed by atoms with Gasteiger partial charge in [-0.05, 0) is 83.9 Å². The molecule has 0 saturated carbocycles. The van der Waals surface area contributed by atoms with Gasteiger partial charge in [0.05, 0.1) is 22.1 Å². The van der Waals surface area contributed by atoms with Crippen LogP contribution in [0.3, 0.4) is 0 Å². The molecule has 45 heavy (non-hydrogen) atoms. The smallest absolute Gasteiger partial charge is 0.0548 e. The maximum Gasteiger partial charge on any atom is 0.0548 e. The first-order chi connectivity index (χ1) is 22.3. The second-order valence-corrected chi connectivity index (χ2v) is 12.9. The first-order valence-electron chi connectivity index (χ1n) is 15.4. The number of rotatable bonds is 3. The second kappa shape index (κ2) is 9.43. The molecular weight excluding hydrogens is 565 g/mol. The minimum atomic E-state index is 1.18. The molecule has 10 aromatic rings. The highest BCUT2D eigenvalue weighted by molar-refractivity contribution is 7.25. The van der Waals surface area contributed by atoms with Crippen molar-refractivity contribution < 1.29 is 0 Å². The molecular formula is C42H26N2S. The van der Waals surface area contributed by atoms with E-state index in [1.54, 1.807) is 0 Å². The highest BCUT2D eigenvalue weighted by Gasteiger charge is 2.17. The van der Waals surface area contributed by atoms with Crippen molar-refractivity contribution in [3.63, 3.8) is 0 Å². The highest BCUT2D eigenvalue weighted by Crippen LogP contribution is 2.42. The largest absolute Gasteiger partial charge is 0.309 e. The fourth-order valence-corrected chi connectivity index (χ4v) is 8.39. The van der Waals surface area contributed by atoms with Gasteiger partial charge in [-0.25, -0.2) is 0 Å². The van der Waals surface area contributed by atoms with E-state index in [2.05, 4.69) is 167 Å². The van der Waals surface area contributed by atoms with E-state index in [4.69, 9.17) is 0 Å². The number of nitrogens with zero attached hydrogens (tertiary/aromatic N) is 2. The van der Waals surface area contributed by atoms with Gasteiger partial charge >= 0.3 is 0 Å². The normalized spacial score (nSPS) is 12.0. The van der Waals surface area contributed by atoms with Crippen LogP contribution in [-0.2, 0) is 0 Å². The number of hydrogen-bond acceptors (Lipinski definition) is 1. The summed E-state index contributed by atoms with van der Waals surface area (Å²) in [7, 11) is 0. The number of para-hydroxylation sites is 4. The van der Waals surface area contributed by atoms with E-state index in [-0.39, 0.29) is 0 Å². The predicted molar refractivity (Wildman–Crippen MR) is 193 cm³/mol. The molecule has 0 radical (unpaired) electrons. The van der Waals surface area contributed by atoms with Crippen molar-refractivity contribution in [3.8, 4) is 22.5 Å². The first-order valence-corrected chi connectivity index (χ1v) is 16.2. The zero-order valence-corrected chi connectivity index (χ0v) is 25.1. The number of hydrogen-bond donors (Lipinski definition) is 0. The topological polar surface area (TPSA) is 9.86 Å². The fraction of sp³-hybridized carbons (Fsp3) is 0. The Bertz CT molecular complexity index is 2740. The molecule has 0 unspecified atom stereocenters. The summed E-state index contributed by atoms with van der Waals surface area (Å²) in [5.41, 5.74) is 9.79. The maximum atomic E-state index is 2.41. The van der Waals surface area contributed by atoms with E-state index in [1.165, 1.54) is 86.3 Å². The second-order valence-electron chi connectivity index (χ2n) is 11.8. The summed E-state index contributed by atoms with van der Waals surface area (Å²) in [6, 6.07) is 57.6. The summed E-state index contributed by atoms with van der Waals surface area (Å²) >= 11 is 1.89. The Morgan fingerprint density at radius 1 is 0.311 bits per heavy atom. The fourth-order valence-electron chi connectivity index (χ4n) is 7.28. The van der Waals surface area contributed by atoms with Crippen LogP contribution < -0.4 is 0 Å². The van der Waals surface area contributed by atoms with Crippen LogP contribution in [0.25, 0.3) is 86.3 Å². The Balaban J connectivity index is 1.20. The summed E-state index contributed by atoms with van der Waals surface area (Å²) in [5.74, 6) is 0. The van der Waals surface area contributed by atoms with Gasteiger partial charge < -0.3 is 9.13 Å². The van der Waals surface area contributed by atoms with Gasteiger partial charge in [-0.2, -0.15) is 0 Å². The lowest BCUT2D eigenvalue weighted by Gasteiger charge is -2.08. The number of benzene rings is 7. The molecule has 0 aliphatic rings. The Hall–Kier alpha value is -5.64. The number of fused-ring (bicyclic) bond motifs is 9. The molecule has 0 fully saturated rings. The van der Waals surface area contributed by atoms with Gasteiger partial charge in [0.15, 0.2) is 0 Å². The van der Waals surface area contributed by atoms with Crippen molar-refractivity contribution in [3.05, 3.63) is 158 Å². The molecule has 7 aromatic carbocycles. The monoisotopic (exact) mass is 590 g/mol. The van der Waals surface area contributed by atoms with E-state index >= 15 is 0 Å². The Morgan fingerprint density at radius 3 is 1.47 bits per heavy atom. The van der Waals surface area contributed by atoms with Crippen molar-refractivity contribution in [2.75, 3.05) is 0 Å². The van der Waals surface area contributed by atoms with Crippen LogP contribution >= 0.6 is 11.3 Å². The Kier molecular flexibility index (Phi) is 5.19. The zero-order chi connectivity index (χ0) is 29.5. The summed E-state index contributed by atoms with van der Waals surface area (Å²) in [6.45, 7) is 0. The van der Waals surface area contributed by atoms with Crippen molar-refractivity contribution in [2.45, 2.75) is 0 Å². The van der Waals surface area contributed by atoms with Crippen LogP contribution in [-0.4, -0.2) is 9.13 Å².